The van der Waals surface area contributed by atoms with Crippen molar-refractivity contribution in [1.29, 1.82) is 0 Å². The Kier molecular flexibility index (Phi) is 2.77. The number of benzene rings is 1. The van der Waals surface area contributed by atoms with Crippen LogP contribution in [0.15, 0.2) is 36.4 Å². The van der Waals surface area contributed by atoms with E-state index in [0.717, 1.165) is 17.0 Å². The van der Waals surface area contributed by atoms with Crippen molar-refractivity contribution in [3.63, 3.8) is 0 Å². The van der Waals surface area contributed by atoms with Crippen LogP contribution in [0.5, 0.6) is 0 Å². The zero-order chi connectivity index (χ0) is 12.5. The summed E-state index contributed by atoms with van der Waals surface area (Å²) < 4.78 is 1.86. The third kappa shape index (κ3) is 2.09. The van der Waals surface area contributed by atoms with E-state index >= 15 is 0 Å². The number of aromatic nitrogens is 2. The van der Waals surface area contributed by atoms with Gasteiger partial charge >= 0.3 is 0 Å². The average Bonchev–Trinajstić information content (AvgIpc) is 2.73. The monoisotopic (exact) mass is 224 g/mol. The highest BCUT2D eigenvalue weighted by molar-refractivity contribution is 5.59. The highest BCUT2D eigenvalue weighted by atomic mass is 15.3. The SMILES string of the molecule is C#CC(C)(C)c1cc(-c2ccccc2)nn1C. The molecule has 1 aromatic carbocycles. The molecule has 0 saturated heterocycles. The van der Waals surface area contributed by atoms with Gasteiger partial charge in [0, 0.05) is 12.6 Å². The van der Waals surface area contributed by atoms with Crippen molar-refractivity contribution in [2.75, 3.05) is 0 Å². The van der Waals surface area contributed by atoms with E-state index in [0.29, 0.717) is 0 Å². The summed E-state index contributed by atoms with van der Waals surface area (Å²) in [6.07, 6.45) is 5.56. The molecule has 0 saturated carbocycles. The first-order chi connectivity index (χ1) is 8.04. The summed E-state index contributed by atoms with van der Waals surface area (Å²) in [6.45, 7) is 4.05. The average molecular weight is 224 g/mol. The predicted octanol–water partition coefficient (Wildman–Crippen LogP) is 3.00. The van der Waals surface area contributed by atoms with Crippen molar-refractivity contribution in [2.24, 2.45) is 7.05 Å². The molecule has 0 fully saturated rings. The molecule has 2 heteroatoms. The fourth-order valence-corrected chi connectivity index (χ4v) is 1.88. The fourth-order valence-electron chi connectivity index (χ4n) is 1.88. The molecule has 0 bridgehead atoms. The van der Waals surface area contributed by atoms with Crippen LogP contribution in [0.25, 0.3) is 11.3 Å². The summed E-state index contributed by atoms with van der Waals surface area (Å²) in [5, 5.41) is 4.52. The number of terminal acetylenes is 1. The molecule has 0 radical (unpaired) electrons. The van der Waals surface area contributed by atoms with Crippen LogP contribution in [0.1, 0.15) is 19.5 Å². The maximum Gasteiger partial charge on any atom is 0.0926 e. The molecule has 86 valence electrons. The number of hydrogen-bond acceptors (Lipinski definition) is 1. The zero-order valence-electron chi connectivity index (χ0n) is 10.4. The number of rotatable bonds is 2. The minimum atomic E-state index is -0.297. The Bertz CT molecular complexity index is 556. The van der Waals surface area contributed by atoms with Crippen molar-refractivity contribution in [3.8, 4) is 23.6 Å². The van der Waals surface area contributed by atoms with Gasteiger partial charge in [0.25, 0.3) is 0 Å². The van der Waals surface area contributed by atoms with E-state index in [-0.39, 0.29) is 5.41 Å². The first-order valence-electron chi connectivity index (χ1n) is 5.62. The normalized spacial score (nSPS) is 11.2. The molecule has 0 unspecified atom stereocenters. The van der Waals surface area contributed by atoms with Crippen LogP contribution in [0.2, 0.25) is 0 Å². The standard InChI is InChI=1S/C15H16N2/c1-5-15(2,3)14-11-13(16-17(14)4)12-9-7-6-8-10-12/h1,6-11H,2-4H3. The number of aryl methyl sites for hydroxylation is 1. The second-order valence-corrected chi connectivity index (χ2v) is 4.67. The molecule has 0 aliphatic carbocycles. The molecule has 0 atom stereocenters. The largest absolute Gasteiger partial charge is 0.270 e. The molecule has 0 spiro atoms. The second kappa shape index (κ2) is 4.10. The Morgan fingerprint density at radius 1 is 1.24 bits per heavy atom. The summed E-state index contributed by atoms with van der Waals surface area (Å²) in [7, 11) is 1.93. The van der Waals surface area contributed by atoms with Gasteiger partial charge in [-0.1, -0.05) is 36.3 Å². The summed E-state index contributed by atoms with van der Waals surface area (Å²) in [6, 6.07) is 12.2. The third-order valence-corrected chi connectivity index (χ3v) is 2.95. The molecule has 17 heavy (non-hydrogen) atoms. The molecule has 0 N–H and O–H groups in total. The van der Waals surface area contributed by atoms with Gasteiger partial charge in [-0.25, -0.2) is 0 Å². The van der Waals surface area contributed by atoms with Gasteiger partial charge in [-0.3, -0.25) is 4.68 Å². The summed E-state index contributed by atoms with van der Waals surface area (Å²) in [5.41, 5.74) is 2.84. The van der Waals surface area contributed by atoms with Crippen molar-refractivity contribution < 1.29 is 0 Å². The van der Waals surface area contributed by atoms with E-state index in [1.54, 1.807) is 0 Å². The zero-order valence-corrected chi connectivity index (χ0v) is 10.4. The van der Waals surface area contributed by atoms with Gasteiger partial charge in [-0.2, -0.15) is 5.10 Å². The Morgan fingerprint density at radius 2 is 1.88 bits per heavy atom. The summed E-state index contributed by atoms with van der Waals surface area (Å²) in [5.74, 6) is 2.80. The van der Waals surface area contributed by atoms with Crippen LogP contribution >= 0.6 is 0 Å². The van der Waals surface area contributed by atoms with Gasteiger partial charge in [0.1, 0.15) is 0 Å². The highest BCUT2D eigenvalue weighted by Gasteiger charge is 2.22. The van der Waals surface area contributed by atoms with E-state index in [1.807, 2.05) is 43.8 Å². The first-order valence-corrected chi connectivity index (χ1v) is 5.62. The van der Waals surface area contributed by atoms with Gasteiger partial charge in [0.2, 0.25) is 0 Å². The summed E-state index contributed by atoms with van der Waals surface area (Å²) >= 11 is 0. The van der Waals surface area contributed by atoms with Crippen molar-refractivity contribution in [3.05, 3.63) is 42.1 Å². The Morgan fingerprint density at radius 3 is 2.47 bits per heavy atom. The fraction of sp³-hybridized carbons (Fsp3) is 0.267. The van der Waals surface area contributed by atoms with E-state index in [2.05, 4.69) is 29.2 Å². The Balaban J connectivity index is 2.49. The topological polar surface area (TPSA) is 17.8 Å². The van der Waals surface area contributed by atoms with Crippen LogP contribution in [0, 0.1) is 12.3 Å². The predicted molar refractivity (Wildman–Crippen MR) is 70.5 cm³/mol. The van der Waals surface area contributed by atoms with Crippen molar-refractivity contribution in [2.45, 2.75) is 19.3 Å². The highest BCUT2D eigenvalue weighted by Crippen LogP contribution is 2.26. The smallest absolute Gasteiger partial charge is 0.0926 e. The minimum absolute atomic E-state index is 0.297. The van der Waals surface area contributed by atoms with Crippen molar-refractivity contribution in [1.82, 2.24) is 9.78 Å². The molecule has 2 aromatic rings. The number of nitrogens with zero attached hydrogens (tertiary/aromatic N) is 2. The maximum absolute atomic E-state index is 5.56. The van der Waals surface area contributed by atoms with Crippen LogP contribution < -0.4 is 0 Å². The Hall–Kier alpha value is -2.01. The van der Waals surface area contributed by atoms with Gasteiger partial charge in [0.05, 0.1) is 16.8 Å². The Labute approximate surface area is 102 Å². The van der Waals surface area contributed by atoms with Crippen LogP contribution in [0.3, 0.4) is 0 Å². The number of hydrogen-bond donors (Lipinski definition) is 0. The molecule has 0 aliphatic rings. The van der Waals surface area contributed by atoms with E-state index < -0.39 is 0 Å². The molecule has 1 heterocycles. The van der Waals surface area contributed by atoms with Gasteiger partial charge < -0.3 is 0 Å². The lowest BCUT2D eigenvalue weighted by atomic mass is 9.90. The van der Waals surface area contributed by atoms with E-state index in [9.17, 15) is 0 Å². The summed E-state index contributed by atoms with van der Waals surface area (Å²) in [4.78, 5) is 0. The molecule has 1 aromatic heterocycles. The molecular weight excluding hydrogens is 208 g/mol. The van der Waals surface area contributed by atoms with Crippen LogP contribution in [-0.2, 0) is 12.5 Å². The van der Waals surface area contributed by atoms with E-state index in [1.165, 1.54) is 0 Å². The van der Waals surface area contributed by atoms with Gasteiger partial charge in [0.15, 0.2) is 0 Å². The van der Waals surface area contributed by atoms with Gasteiger partial charge in [-0.15, -0.1) is 6.42 Å². The second-order valence-electron chi connectivity index (χ2n) is 4.67. The molecule has 2 nitrogen and oxygen atoms in total. The molecule has 0 amide bonds. The maximum atomic E-state index is 5.56. The quantitative estimate of drug-likeness (QED) is 0.717. The lowest BCUT2D eigenvalue weighted by Crippen LogP contribution is -2.18. The molecular formula is C15H16N2. The minimum Gasteiger partial charge on any atom is -0.270 e. The van der Waals surface area contributed by atoms with Crippen LogP contribution in [-0.4, -0.2) is 9.78 Å². The van der Waals surface area contributed by atoms with E-state index in [4.69, 9.17) is 6.42 Å². The molecule has 0 aliphatic heterocycles. The lowest BCUT2D eigenvalue weighted by Gasteiger charge is -2.16. The molecule has 2 rings (SSSR count). The van der Waals surface area contributed by atoms with Crippen LogP contribution in [0.4, 0.5) is 0 Å². The third-order valence-electron chi connectivity index (χ3n) is 2.95. The lowest BCUT2D eigenvalue weighted by molar-refractivity contribution is 0.594. The van der Waals surface area contributed by atoms with Crippen molar-refractivity contribution >= 4 is 0 Å². The first kappa shape index (κ1) is 11.5. The van der Waals surface area contributed by atoms with Gasteiger partial charge in [-0.05, 0) is 19.9 Å².